The molecule has 1 atom stereocenters. The molecule has 2 saturated carbocycles. The lowest BCUT2D eigenvalue weighted by molar-refractivity contribution is 0.0897. The molecule has 0 radical (unpaired) electrons. The molecule has 0 aromatic carbocycles. The van der Waals surface area contributed by atoms with Crippen molar-refractivity contribution in [2.24, 2.45) is 16.8 Å². The number of rotatable bonds is 9. The zero-order valence-electron chi connectivity index (χ0n) is 20.6. The number of hydrogen-bond donors (Lipinski definition) is 3. The summed E-state index contributed by atoms with van der Waals surface area (Å²) in [4.78, 5) is 13.9. The third-order valence-corrected chi connectivity index (χ3v) is 7.09. The van der Waals surface area contributed by atoms with Gasteiger partial charge in [0.05, 0.1) is 30.1 Å². The Kier molecular flexibility index (Phi) is 9.68. The van der Waals surface area contributed by atoms with Crippen molar-refractivity contribution in [1.29, 1.82) is 0 Å². The van der Waals surface area contributed by atoms with Crippen molar-refractivity contribution < 1.29 is 14.9 Å². The fourth-order valence-corrected chi connectivity index (χ4v) is 4.97. The van der Waals surface area contributed by atoms with Crippen molar-refractivity contribution in [3.8, 4) is 0 Å². The van der Waals surface area contributed by atoms with Gasteiger partial charge in [-0.05, 0) is 82.1 Å². The Morgan fingerprint density at radius 1 is 1.15 bits per heavy atom. The number of ether oxygens (including phenoxy) is 1. The number of nitrogens with one attached hydrogen (secondary N) is 1. The second-order valence-corrected chi connectivity index (χ2v) is 9.83. The standard InChI is InChI=1S/C26H42N4O3/c1-5-6-17(2)29-26-28-15-23(24(30-26)18(3)20-9-13-22(32)14-10-20)25(27-4)33-16-19-7-11-21(31)12-8-19/h15,17,19-22,31-32H,3,5-14,16H2,1-2,4H3,(H,28,29,30)/b27-25+/t17?,19-,20-,21-,22-. The van der Waals surface area contributed by atoms with E-state index in [1.807, 2.05) is 0 Å². The quantitative estimate of drug-likeness (QED) is 0.370. The molecule has 0 saturated heterocycles. The van der Waals surface area contributed by atoms with Crippen LogP contribution >= 0.6 is 0 Å². The zero-order valence-corrected chi connectivity index (χ0v) is 20.6. The molecule has 1 heterocycles. The first kappa shape index (κ1) is 25.6. The Balaban J connectivity index is 1.80. The summed E-state index contributed by atoms with van der Waals surface area (Å²) in [5, 5.41) is 23.1. The minimum absolute atomic E-state index is 0.173. The first-order valence-electron chi connectivity index (χ1n) is 12.7. The molecule has 2 fully saturated rings. The lowest BCUT2D eigenvalue weighted by atomic mass is 9.81. The number of aliphatic hydroxyl groups is 2. The molecular weight excluding hydrogens is 416 g/mol. The van der Waals surface area contributed by atoms with Crippen LogP contribution in [0.1, 0.15) is 89.3 Å². The first-order chi connectivity index (χ1) is 15.9. The van der Waals surface area contributed by atoms with Gasteiger partial charge >= 0.3 is 0 Å². The van der Waals surface area contributed by atoms with Gasteiger partial charge in [0.1, 0.15) is 0 Å². The third-order valence-electron chi connectivity index (χ3n) is 7.09. The smallest absolute Gasteiger partial charge is 0.223 e. The van der Waals surface area contributed by atoms with Crippen molar-refractivity contribution in [2.45, 2.75) is 96.3 Å². The van der Waals surface area contributed by atoms with Gasteiger partial charge in [0.2, 0.25) is 11.8 Å². The molecule has 0 bridgehead atoms. The number of aromatic nitrogens is 2. The maximum absolute atomic E-state index is 9.94. The van der Waals surface area contributed by atoms with E-state index in [9.17, 15) is 10.2 Å². The van der Waals surface area contributed by atoms with E-state index < -0.39 is 0 Å². The van der Waals surface area contributed by atoms with E-state index in [2.05, 4.69) is 35.7 Å². The maximum atomic E-state index is 9.94. The van der Waals surface area contributed by atoms with Crippen LogP contribution in [0.2, 0.25) is 0 Å². The van der Waals surface area contributed by atoms with Crippen LogP contribution in [0.3, 0.4) is 0 Å². The minimum Gasteiger partial charge on any atom is -0.477 e. The lowest BCUT2D eigenvalue weighted by Gasteiger charge is -2.28. The van der Waals surface area contributed by atoms with Crippen LogP contribution in [0, 0.1) is 11.8 Å². The van der Waals surface area contributed by atoms with E-state index in [1.165, 1.54) is 0 Å². The van der Waals surface area contributed by atoms with Gasteiger partial charge in [-0.2, -0.15) is 0 Å². The highest BCUT2D eigenvalue weighted by Gasteiger charge is 2.27. The predicted octanol–water partition coefficient (Wildman–Crippen LogP) is 4.59. The van der Waals surface area contributed by atoms with Gasteiger partial charge < -0.3 is 20.3 Å². The number of aliphatic imine (C=N–C) groups is 1. The van der Waals surface area contributed by atoms with Gasteiger partial charge in [-0.3, -0.25) is 4.99 Å². The lowest BCUT2D eigenvalue weighted by Crippen LogP contribution is -2.25. The molecule has 3 rings (SSSR count). The van der Waals surface area contributed by atoms with Crippen molar-refractivity contribution in [3.63, 3.8) is 0 Å². The molecule has 2 aliphatic rings. The molecule has 1 unspecified atom stereocenters. The Hall–Kier alpha value is -1.99. The summed E-state index contributed by atoms with van der Waals surface area (Å²) in [6.45, 7) is 9.31. The van der Waals surface area contributed by atoms with Gasteiger partial charge in [0.15, 0.2) is 0 Å². The predicted molar refractivity (Wildman–Crippen MR) is 133 cm³/mol. The van der Waals surface area contributed by atoms with Crippen LogP contribution in [-0.2, 0) is 4.74 Å². The Morgan fingerprint density at radius 2 is 1.79 bits per heavy atom. The van der Waals surface area contributed by atoms with Crippen LogP contribution < -0.4 is 5.32 Å². The maximum Gasteiger partial charge on any atom is 0.223 e. The van der Waals surface area contributed by atoms with E-state index >= 15 is 0 Å². The first-order valence-corrected chi connectivity index (χ1v) is 12.7. The molecule has 1 aromatic rings. The number of allylic oxidation sites excluding steroid dienone is 1. The Morgan fingerprint density at radius 3 is 2.39 bits per heavy atom. The second kappa shape index (κ2) is 12.5. The molecule has 0 aliphatic heterocycles. The van der Waals surface area contributed by atoms with Crippen LogP contribution in [0.5, 0.6) is 0 Å². The molecular formula is C26H42N4O3. The van der Waals surface area contributed by atoms with Gasteiger partial charge in [-0.15, -0.1) is 0 Å². The van der Waals surface area contributed by atoms with Crippen molar-refractivity contribution in [2.75, 3.05) is 19.0 Å². The van der Waals surface area contributed by atoms with Gasteiger partial charge in [-0.1, -0.05) is 19.9 Å². The van der Waals surface area contributed by atoms with Crippen LogP contribution in [0.25, 0.3) is 5.57 Å². The van der Waals surface area contributed by atoms with E-state index in [0.717, 1.165) is 81.0 Å². The molecule has 0 amide bonds. The van der Waals surface area contributed by atoms with Crippen LogP contribution in [0.4, 0.5) is 5.95 Å². The summed E-state index contributed by atoms with van der Waals surface area (Å²) >= 11 is 0. The highest BCUT2D eigenvalue weighted by atomic mass is 16.5. The van der Waals surface area contributed by atoms with Gasteiger partial charge in [0.25, 0.3) is 0 Å². The molecule has 7 heteroatoms. The van der Waals surface area contributed by atoms with Crippen molar-refractivity contribution >= 4 is 17.4 Å². The number of nitrogens with zero attached hydrogens (tertiary/aromatic N) is 3. The highest BCUT2D eigenvalue weighted by molar-refractivity contribution is 5.98. The van der Waals surface area contributed by atoms with E-state index in [4.69, 9.17) is 9.72 Å². The Labute approximate surface area is 198 Å². The molecule has 33 heavy (non-hydrogen) atoms. The SMILES string of the molecule is C=C(c1nc(NC(C)CCC)ncc1/C(=N\C)OC[C@H]1CC[C@H](O)CC1)[C@H]1CC[C@H](O)CC1. The van der Waals surface area contributed by atoms with Gasteiger partial charge in [0, 0.05) is 19.3 Å². The third kappa shape index (κ3) is 7.24. The summed E-state index contributed by atoms with van der Waals surface area (Å²) in [6.07, 6.45) is 10.6. The largest absolute Gasteiger partial charge is 0.477 e. The number of anilines is 1. The number of hydrogen-bond acceptors (Lipinski definition) is 7. The second-order valence-electron chi connectivity index (χ2n) is 9.83. The molecule has 7 nitrogen and oxygen atoms in total. The monoisotopic (exact) mass is 458 g/mol. The van der Waals surface area contributed by atoms with Crippen molar-refractivity contribution in [1.82, 2.24) is 9.97 Å². The fourth-order valence-electron chi connectivity index (χ4n) is 4.97. The fraction of sp³-hybridized carbons (Fsp3) is 0.731. The van der Waals surface area contributed by atoms with E-state index in [-0.39, 0.29) is 24.2 Å². The summed E-state index contributed by atoms with van der Waals surface area (Å²) < 4.78 is 6.19. The molecule has 2 aliphatic carbocycles. The van der Waals surface area contributed by atoms with Crippen LogP contribution in [-0.4, -0.2) is 58.0 Å². The highest BCUT2D eigenvalue weighted by Crippen LogP contribution is 2.35. The Bertz CT molecular complexity index is 797. The van der Waals surface area contributed by atoms with E-state index in [1.54, 1.807) is 13.2 Å². The van der Waals surface area contributed by atoms with E-state index in [0.29, 0.717) is 24.4 Å². The molecule has 184 valence electrons. The average molecular weight is 459 g/mol. The summed E-state index contributed by atoms with van der Waals surface area (Å²) in [7, 11) is 1.74. The van der Waals surface area contributed by atoms with Crippen LogP contribution in [0.15, 0.2) is 17.8 Å². The van der Waals surface area contributed by atoms with Gasteiger partial charge in [-0.25, -0.2) is 9.97 Å². The van der Waals surface area contributed by atoms with Crippen molar-refractivity contribution in [3.05, 3.63) is 24.0 Å². The summed E-state index contributed by atoms with van der Waals surface area (Å²) in [6, 6.07) is 0.281. The number of aliphatic hydroxyl groups excluding tert-OH is 2. The zero-order chi connectivity index (χ0) is 23.8. The molecule has 0 spiro atoms. The normalized spacial score (nSPS) is 27.1. The topological polar surface area (TPSA) is 99.9 Å². The minimum atomic E-state index is -0.212. The summed E-state index contributed by atoms with van der Waals surface area (Å²) in [5.41, 5.74) is 2.53. The molecule has 3 N–H and O–H groups in total. The molecule has 1 aromatic heterocycles. The average Bonchev–Trinajstić information content (AvgIpc) is 2.81. The summed E-state index contributed by atoms with van der Waals surface area (Å²) in [5.74, 6) is 1.85.